The van der Waals surface area contributed by atoms with Crippen molar-refractivity contribution in [2.45, 2.75) is 39.2 Å². The number of aliphatic imine (C=N–C) groups is 1. The van der Waals surface area contributed by atoms with Crippen molar-refractivity contribution in [1.29, 1.82) is 0 Å². The standard InChI is InChI=1S/C20H35N5OS.HI/c1-5-25-10-6-8-17(25)14-22-20(23-15-19(26)24(3)4)21-13-16(2)12-18-9-7-11-27-18;/h7,9,11,16-17H,5-6,8,10,12-15H2,1-4H3,(H2,21,22,23);1H. The van der Waals surface area contributed by atoms with Crippen molar-refractivity contribution in [1.82, 2.24) is 20.4 Å². The van der Waals surface area contributed by atoms with Gasteiger partial charge in [0.1, 0.15) is 6.54 Å². The van der Waals surface area contributed by atoms with Crippen LogP contribution in [0.3, 0.4) is 0 Å². The first-order valence-corrected chi connectivity index (χ1v) is 10.9. The molecule has 160 valence electrons. The van der Waals surface area contributed by atoms with Gasteiger partial charge in [-0.2, -0.15) is 0 Å². The SMILES string of the molecule is CCN1CCCC1CNC(=NCC(=O)N(C)C)NCC(C)Cc1cccs1.I. The molecule has 6 nitrogen and oxygen atoms in total. The molecule has 2 unspecified atom stereocenters. The molecule has 0 radical (unpaired) electrons. The van der Waals surface area contributed by atoms with Crippen LogP contribution in [0.25, 0.3) is 0 Å². The Morgan fingerprint density at radius 3 is 2.86 bits per heavy atom. The van der Waals surface area contributed by atoms with Crippen LogP contribution in [0.2, 0.25) is 0 Å². The Morgan fingerprint density at radius 2 is 2.21 bits per heavy atom. The van der Waals surface area contributed by atoms with Crippen LogP contribution in [0, 0.1) is 5.92 Å². The number of likely N-dealkylation sites (tertiary alicyclic amines) is 1. The molecule has 2 atom stereocenters. The van der Waals surface area contributed by atoms with E-state index in [1.165, 1.54) is 24.3 Å². The zero-order chi connectivity index (χ0) is 19.6. The van der Waals surface area contributed by atoms with Gasteiger partial charge in [-0.3, -0.25) is 9.69 Å². The Balaban J connectivity index is 0.00000392. The molecule has 0 bridgehead atoms. The first kappa shape index (κ1) is 25.2. The van der Waals surface area contributed by atoms with E-state index in [0.29, 0.717) is 12.0 Å². The molecule has 1 amide bonds. The minimum absolute atomic E-state index is 0. The molecule has 0 saturated carbocycles. The van der Waals surface area contributed by atoms with Gasteiger partial charge in [-0.05, 0) is 49.7 Å². The summed E-state index contributed by atoms with van der Waals surface area (Å²) in [7, 11) is 3.53. The van der Waals surface area contributed by atoms with Gasteiger partial charge in [0.25, 0.3) is 0 Å². The van der Waals surface area contributed by atoms with Crippen molar-refractivity contribution >= 4 is 47.2 Å². The van der Waals surface area contributed by atoms with E-state index >= 15 is 0 Å². The molecule has 2 rings (SSSR count). The summed E-state index contributed by atoms with van der Waals surface area (Å²) < 4.78 is 0. The predicted molar refractivity (Wildman–Crippen MR) is 130 cm³/mol. The Kier molecular flexibility index (Phi) is 12.0. The monoisotopic (exact) mass is 521 g/mol. The molecule has 0 aliphatic carbocycles. The molecule has 0 aromatic carbocycles. The number of likely N-dealkylation sites (N-methyl/N-ethyl adjacent to an activating group) is 2. The first-order chi connectivity index (χ1) is 13.0. The second-order valence-corrected chi connectivity index (χ2v) is 8.56. The van der Waals surface area contributed by atoms with Crippen LogP contribution in [-0.4, -0.2) is 74.5 Å². The second-order valence-electron chi connectivity index (χ2n) is 7.53. The molecular weight excluding hydrogens is 485 g/mol. The summed E-state index contributed by atoms with van der Waals surface area (Å²) in [5, 5.41) is 9.02. The highest BCUT2D eigenvalue weighted by Crippen LogP contribution is 2.16. The number of thiophene rings is 1. The van der Waals surface area contributed by atoms with Crippen LogP contribution in [0.5, 0.6) is 0 Å². The molecule has 8 heteroatoms. The smallest absolute Gasteiger partial charge is 0.243 e. The summed E-state index contributed by atoms with van der Waals surface area (Å²) in [6, 6.07) is 4.83. The summed E-state index contributed by atoms with van der Waals surface area (Å²) in [4.78, 5) is 21.9. The molecule has 2 N–H and O–H groups in total. The van der Waals surface area contributed by atoms with Gasteiger partial charge in [0.2, 0.25) is 5.91 Å². The van der Waals surface area contributed by atoms with Gasteiger partial charge in [0.05, 0.1) is 0 Å². The zero-order valence-corrected chi connectivity index (χ0v) is 20.8. The van der Waals surface area contributed by atoms with E-state index in [1.807, 2.05) is 0 Å². The number of carbonyl (C=O) groups excluding carboxylic acids is 1. The number of rotatable bonds is 9. The minimum Gasteiger partial charge on any atom is -0.356 e. The predicted octanol–water partition coefficient (Wildman–Crippen LogP) is 2.65. The molecule has 1 saturated heterocycles. The summed E-state index contributed by atoms with van der Waals surface area (Å²) in [6.45, 7) is 8.60. The lowest BCUT2D eigenvalue weighted by Gasteiger charge is -2.24. The number of guanidine groups is 1. The lowest BCUT2D eigenvalue weighted by Crippen LogP contribution is -2.46. The van der Waals surface area contributed by atoms with Crippen LogP contribution in [0.1, 0.15) is 31.6 Å². The van der Waals surface area contributed by atoms with Crippen molar-refractivity contribution in [3.8, 4) is 0 Å². The quantitative estimate of drug-likeness (QED) is 0.298. The van der Waals surface area contributed by atoms with Crippen molar-refractivity contribution in [2.75, 3.05) is 46.8 Å². The number of carbonyl (C=O) groups is 1. The lowest BCUT2D eigenvalue weighted by molar-refractivity contribution is -0.127. The normalized spacial score (nSPS) is 18.4. The van der Waals surface area contributed by atoms with Crippen LogP contribution in [0.4, 0.5) is 0 Å². The Bertz CT molecular complexity index is 593. The molecule has 1 aliphatic heterocycles. The Morgan fingerprint density at radius 1 is 1.43 bits per heavy atom. The minimum atomic E-state index is 0. The average molecular weight is 522 g/mol. The maximum absolute atomic E-state index is 11.9. The van der Waals surface area contributed by atoms with Gasteiger partial charge in [-0.15, -0.1) is 35.3 Å². The largest absolute Gasteiger partial charge is 0.356 e. The second kappa shape index (κ2) is 13.4. The van der Waals surface area contributed by atoms with Crippen LogP contribution in [-0.2, 0) is 11.2 Å². The first-order valence-electron chi connectivity index (χ1n) is 9.98. The summed E-state index contributed by atoms with van der Waals surface area (Å²) in [5.41, 5.74) is 0. The van der Waals surface area contributed by atoms with Gasteiger partial charge in [0, 0.05) is 38.1 Å². The lowest BCUT2D eigenvalue weighted by atomic mass is 10.1. The number of hydrogen-bond donors (Lipinski definition) is 2. The molecule has 28 heavy (non-hydrogen) atoms. The van der Waals surface area contributed by atoms with Gasteiger partial charge in [-0.1, -0.05) is 19.9 Å². The highest BCUT2D eigenvalue weighted by Gasteiger charge is 2.23. The number of amides is 1. The Labute approximate surface area is 191 Å². The fourth-order valence-electron chi connectivity index (χ4n) is 3.33. The third-order valence-electron chi connectivity index (χ3n) is 5.03. The number of halogens is 1. The van der Waals surface area contributed by atoms with Gasteiger partial charge in [0.15, 0.2) is 5.96 Å². The highest BCUT2D eigenvalue weighted by atomic mass is 127. The van der Waals surface area contributed by atoms with Gasteiger partial charge in [-0.25, -0.2) is 4.99 Å². The van der Waals surface area contributed by atoms with Gasteiger partial charge < -0.3 is 15.5 Å². The summed E-state index contributed by atoms with van der Waals surface area (Å²) >= 11 is 1.80. The summed E-state index contributed by atoms with van der Waals surface area (Å²) in [6.07, 6.45) is 3.54. The maximum atomic E-state index is 11.9. The molecule has 1 aromatic heterocycles. The van der Waals surface area contributed by atoms with E-state index < -0.39 is 0 Å². The third-order valence-corrected chi connectivity index (χ3v) is 5.93. The third kappa shape index (κ3) is 8.65. The van der Waals surface area contributed by atoms with Crippen molar-refractivity contribution in [3.05, 3.63) is 22.4 Å². The molecule has 2 heterocycles. The molecule has 0 spiro atoms. The van der Waals surface area contributed by atoms with Crippen molar-refractivity contribution in [2.24, 2.45) is 10.9 Å². The van der Waals surface area contributed by atoms with Crippen molar-refractivity contribution in [3.63, 3.8) is 0 Å². The zero-order valence-electron chi connectivity index (χ0n) is 17.6. The summed E-state index contributed by atoms with van der Waals surface area (Å²) in [5.74, 6) is 1.25. The highest BCUT2D eigenvalue weighted by molar-refractivity contribution is 14.0. The van der Waals surface area contributed by atoms with E-state index in [9.17, 15) is 4.79 Å². The van der Waals surface area contributed by atoms with Crippen LogP contribution in [0.15, 0.2) is 22.5 Å². The number of nitrogens with one attached hydrogen (secondary N) is 2. The molecule has 1 aromatic rings. The molecule has 1 fully saturated rings. The van der Waals surface area contributed by atoms with E-state index in [0.717, 1.165) is 32.0 Å². The molecular formula is C20H36IN5OS. The topological polar surface area (TPSA) is 60.0 Å². The fourth-order valence-corrected chi connectivity index (χ4v) is 4.20. The molecule has 1 aliphatic rings. The van der Waals surface area contributed by atoms with E-state index in [-0.39, 0.29) is 36.4 Å². The number of hydrogen-bond acceptors (Lipinski definition) is 4. The van der Waals surface area contributed by atoms with E-state index in [2.05, 4.69) is 51.9 Å². The maximum Gasteiger partial charge on any atom is 0.243 e. The van der Waals surface area contributed by atoms with Crippen LogP contribution < -0.4 is 10.6 Å². The van der Waals surface area contributed by atoms with E-state index in [4.69, 9.17) is 0 Å². The Hall–Kier alpha value is -0.870. The van der Waals surface area contributed by atoms with Crippen LogP contribution >= 0.6 is 35.3 Å². The van der Waals surface area contributed by atoms with E-state index in [1.54, 1.807) is 30.3 Å². The van der Waals surface area contributed by atoms with Gasteiger partial charge >= 0.3 is 0 Å². The fraction of sp³-hybridized carbons (Fsp3) is 0.700. The average Bonchev–Trinajstić information content (AvgIpc) is 3.31. The van der Waals surface area contributed by atoms with Crippen molar-refractivity contribution < 1.29 is 4.79 Å². The number of nitrogens with zero attached hydrogens (tertiary/aromatic N) is 3.